The number of hydrogen-bond donors (Lipinski definition) is 2. The summed E-state index contributed by atoms with van der Waals surface area (Å²) in [5, 5.41) is 10.5. The van der Waals surface area contributed by atoms with E-state index in [1.54, 1.807) is 0 Å². The molecule has 7 heteroatoms. The molecule has 0 aromatic heterocycles. The van der Waals surface area contributed by atoms with Crippen LogP contribution in [0, 0.1) is 0 Å². The second-order valence-electron chi connectivity index (χ2n) is 3.17. The van der Waals surface area contributed by atoms with E-state index in [0.29, 0.717) is 6.08 Å². The molecule has 0 rings (SSSR count). The average Bonchev–Trinajstić information content (AvgIpc) is 1.96. The number of carboxylic acids is 1. The van der Waals surface area contributed by atoms with Crippen LogP contribution in [0.2, 0.25) is 0 Å². The van der Waals surface area contributed by atoms with Crippen LogP contribution in [0.3, 0.4) is 0 Å². The summed E-state index contributed by atoms with van der Waals surface area (Å²) in [4.78, 5) is 21.0. The van der Waals surface area contributed by atoms with Crippen molar-refractivity contribution in [2.75, 3.05) is 12.0 Å². The molecule has 1 atom stereocenters. The van der Waals surface area contributed by atoms with E-state index in [1.165, 1.54) is 6.92 Å². The highest BCUT2D eigenvalue weighted by Crippen LogP contribution is 1.90. The molecular weight excluding hydrogens is 222 g/mol. The monoisotopic (exact) mass is 235 g/mol. The van der Waals surface area contributed by atoms with Crippen molar-refractivity contribution >= 4 is 21.7 Å². The molecule has 0 saturated heterocycles. The second kappa shape index (κ2) is 5.50. The Morgan fingerprint density at radius 1 is 1.40 bits per heavy atom. The molecule has 0 aliphatic rings. The number of carbonyl (C=O) groups is 2. The number of rotatable bonds is 5. The largest absolute Gasteiger partial charge is 0.478 e. The van der Waals surface area contributed by atoms with Gasteiger partial charge >= 0.3 is 5.97 Å². The molecule has 1 unspecified atom stereocenters. The van der Waals surface area contributed by atoms with Crippen molar-refractivity contribution in [2.45, 2.75) is 13.0 Å². The van der Waals surface area contributed by atoms with Gasteiger partial charge in [0, 0.05) is 24.4 Å². The molecule has 0 aliphatic carbocycles. The maximum atomic E-state index is 11.0. The third-order valence-corrected chi connectivity index (χ3v) is 2.42. The first-order chi connectivity index (χ1) is 6.70. The van der Waals surface area contributed by atoms with Gasteiger partial charge in [-0.1, -0.05) is 0 Å². The van der Waals surface area contributed by atoms with Crippen molar-refractivity contribution in [3.05, 3.63) is 12.2 Å². The number of amides is 1. The molecule has 0 saturated carbocycles. The summed E-state index contributed by atoms with van der Waals surface area (Å²) < 4.78 is 21.7. The SMILES string of the molecule is CC(CS(C)(=O)=O)NC(=O)C=CC(=O)O. The summed E-state index contributed by atoms with van der Waals surface area (Å²) in [5.41, 5.74) is 0. The summed E-state index contributed by atoms with van der Waals surface area (Å²) in [7, 11) is -3.16. The van der Waals surface area contributed by atoms with E-state index in [9.17, 15) is 18.0 Å². The quantitative estimate of drug-likeness (QED) is 0.606. The Balaban J connectivity index is 4.14. The topological polar surface area (TPSA) is 101 Å². The molecule has 0 spiro atoms. The first-order valence-corrected chi connectivity index (χ1v) is 6.16. The van der Waals surface area contributed by atoms with Gasteiger partial charge in [0.2, 0.25) is 5.91 Å². The molecule has 0 aromatic carbocycles. The summed E-state index contributed by atoms with van der Waals surface area (Å²) >= 11 is 0. The minimum absolute atomic E-state index is 0.181. The maximum Gasteiger partial charge on any atom is 0.328 e. The molecule has 1 amide bonds. The van der Waals surface area contributed by atoms with Gasteiger partial charge in [-0.05, 0) is 6.92 Å². The zero-order valence-corrected chi connectivity index (χ0v) is 9.24. The van der Waals surface area contributed by atoms with Gasteiger partial charge in [-0.3, -0.25) is 4.79 Å². The molecule has 6 nitrogen and oxygen atoms in total. The predicted molar refractivity (Wildman–Crippen MR) is 54.1 cm³/mol. The molecule has 86 valence electrons. The average molecular weight is 235 g/mol. The van der Waals surface area contributed by atoms with Crippen LogP contribution in [0.25, 0.3) is 0 Å². The fraction of sp³-hybridized carbons (Fsp3) is 0.500. The lowest BCUT2D eigenvalue weighted by Crippen LogP contribution is -2.36. The zero-order valence-electron chi connectivity index (χ0n) is 8.43. The number of carboxylic acid groups (broad SMARTS) is 1. The van der Waals surface area contributed by atoms with Gasteiger partial charge in [-0.25, -0.2) is 13.2 Å². The minimum atomic E-state index is -3.16. The Hall–Kier alpha value is -1.37. The number of hydrogen-bond acceptors (Lipinski definition) is 4. The maximum absolute atomic E-state index is 11.0. The Morgan fingerprint density at radius 3 is 2.33 bits per heavy atom. The van der Waals surface area contributed by atoms with Crippen molar-refractivity contribution in [1.82, 2.24) is 5.32 Å². The Labute approximate surface area is 87.9 Å². The molecule has 0 aromatic rings. The van der Waals surface area contributed by atoms with Crippen molar-refractivity contribution < 1.29 is 23.1 Å². The highest BCUT2D eigenvalue weighted by Gasteiger charge is 2.11. The van der Waals surface area contributed by atoms with E-state index in [1.807, 2.05) is 0 Å². The molecule has 0 heterocycles. The Kier molecular flexibility index (Phi) is 4.99. The van der Waals surface area contributed by atoms with Gasteiger partial charge in [0.05, 0.1) is 5.75 Å². The summed E-state index contributed by atoms with van der Waals surface area (Å²) in [6.45, 7) is 1.52. The minimum Gasteiger partial charge on any atom is -0.478 e. The lowest BCUT2D eigenvalue weighted by Gasteiger charge is -2.10. The van der Waals surface area contributed by atoms with Crippen LogP contribution in [0.4, 0.5) is 0 Å². The van der Waals surface area contributed by atoms with Crippen molar-refractivity contribution in [2.24, 2.45) is 0 Å². The molecule has 0 fully saturated rings. The fourth-order valence-corrected chi connectivity index (χ4v) is 1.93. The fourth-order valence-electron chi connectivity index (χ4n) is 0.934. The highest BCUT2D eigenvalue weighted by molar-refractivity contribution is 7.90. The van der Waals surface area contributed by atoms with Gasteiger partial charge in [0.1, 0.15) is 9.84 Å². The summed E-state index contributed by atoms with van der Waals surface area (Å²) in [5.74, 6) is -2.05. The number of sulfone groups is 1. The first kappa shape index (κ1) is 13.6. The van der Waals surface area contributed by atoms with Gasteiger partial charge in [0.15, 0.2) is 0 Å². The Bertz CT molecular complexity index is 370. The molecular formula is C8H13NO5S. The first-order valence-electron chi connectivity index (χ1n) is 4.10. The Morgan fingerprint density at radius 2 is 1.93 bits per heavy atom. The van der Waals surface area contributed by atoms with Crippen LogP contribution in [0.15, 0.2) is 12.2 Å². The van der Waals surface area contributed by atoms with E-state index in [0.717, 1.165) is 12.3 Å². The lowest BCUT2D eigenvalue weighted by atomic mass is 10.3. The lowest BCUT2D eigenvalue weighted by molar-refractivity contribution is -0.131. The van der Waals surface area contributed by atoms with Crippen LogP contribution in [-0.4, -0.2) is 43.5 Å². The van der Waals surface area contributed by atoms with Crippen LogP contribution in [0.5, 0.6) is 0 Å². The van der Waals surface area contributed by atoms with Gasteiger partial charge in [-0.15, -0.1) is 0 Å². The van der Waals surface area contributed by atoms with Crippen molar-refractivity contribution in [1.29, 1.82) is 0 Å². The van der Waals surface area contributed by atoms with E-state index in [2.05, 4.69) is 5.32 Å². The van der Waals surface area contributed by atoms with E-state index < -0.39 is 27.8 Å². The summed E-state index contributed by atoms with van der Waals surface area (Å²) in [6, 6.07) is -0.550. The summed E-state index contributed by atoms with van der Waals surface area (Å²) in [6.07, 6.45) is 2.58. The third-order valence-electron chi connectivity index (χ3n) is 1.32. The third kappa shape index (κ3) is 8.95. The van der Waals surface area contributed by atoms with Crippen LogP contribution in [0.1, 0.15) is 6.92 Å². The predicted octanol–water partition coefficient (Wildman–Crippen LogP) is -0.823. The van der Waals surface area contributed by atoms with E-state index in [-0.39, 0.29) is 5.75 Å². The van der Waals surface area contributed by atoms with Crippen LogP contribution in [-0.2, 0) is 19.4 Å². The zero-order chi connectivity index (χ0) is 12.1. The molecule has 0 bridgehead atoms. The number of nitrogens with one attached hydrogen (secondary N) is 1. The second-order valence-corrected chi connectivity index (χ2v) is 5.36. The number of aliphatic carboxylic acids is 1. The van der Waals surface area contributed by atoms with Crippen molar-refractivity contribution in [3.63, 3.8) is 0 Å². The van der Waals surface area contributed by atoms with E-state index in [4.69, 9.17) is 5.11 Å². The molecule has 0 radical (unpaired) electrons. The molecule has 2 N–H and O–H groups in total. The highest BCUT2D eigenvalue weighted by atomic mass is 32.2. The van der Waals surface area contributed by atoms with Crippen LogP contribution < -0.4 is 5.32 Å². The standard InChI is InChI=1S/C8H13NO5S/c1-6(5-15(2,13)14)9-7(10)3-4-8(11)12/h3-4,6H,5H2,1-2H3,(H,9,10)(H,11,12). The van der Waals surface area contributed by atoms with Gasteiger partial charge < -0.3 is 10.4 Å². The normalized spacial score (nSPS) is 13.7. The van der Waals surface area contributed by atoms with Crippen molar-refractivity contribution in [3.8, 4) is 0 Å². The smallest absolute Gasteiger partial charge is 0.328 e. The van der Waals surface area contributed by atoms with E-state index >= 15 is 0 Å². The van der Waals surface area contributed by atoms with Gasteiger partial charge in [-0.2, -0.15) is 0 Å². The van der Waals surface area contributed by atoms with Crippen LogP contribution >= 0.6 is 0 Å². The van der Waals surface area contributed by atoms with Gasteiger partial charge in [0.25, 0.3) is 0 Å². The molecule has 15 heavy (non-hydrogen) atoms. The number of carbonyl (C=O) groups excluding carboxylic acids is 1. The molecule has 0 aliphatic heterocycles.